The summed E-state index contributed by atoms with van der Waals surface area (Å²) in [5.41, 5.74) is 6.51. The van der Waals surface area contributed by atoms with E-state index in [1.165, 1.54) is 12.1 Å². The highest BCUT2D eigenvalue weighted by molar-refractivity contribution is 9.10. The van der Waals surface area contributed by atoms with Crippen molar-refractivity contribution in [3.05, 3.63) is 22.4 Å². The van der Waals surface area contributed by atoms with Crippen LogP contribution in [-0.2, 0) is 4.79 Å². The maximum Gasteiger partial charge on any atom is 0.242 e. The minimum atomic E-state index is -0.474. The van der Waals surface area contributed by atoms with Crippen molar-refractivity contribution < 1.29 is 9.18 Å². The van der Waals surface area contributed by atoms with E-state index in [4.69, 9.17) is 5.73 Å². The van der Waals surface area contributed by atoms with E-state index in [1.54, 1.807) is 6.92 Å². The average Bonchev–Trinajstić information content (AvgIpc) is 2.26. The number of likely N-dealkylation sites (N-methyl/N-ethyl adjacent to an activating group) is 1. The maximum absolute atomic E-state index is 13.3. The number of anilines is 2. The van der Waals surface area contributed by atoms with Gasteiger partial charge in [0, 0.05) is 12.6 Å². The molecule has 0 saturated heterocycles. The van der Waals surface area contributed by atoms with Crippen molar-refractivity contribution in [2.45, 2.75) is 19.9 Å². The number of hydrogen-bond acceptors (Lipinski definition) is 3. The van der Waals surface area contributed by atoms with E-state index in [0.29, 0.717) is 22.4 Å². The van der Waals surface area contributed by atoms with E-state index in [-0.39, 0.29) is 5.91 Å². The van der Waals surface area contributed by atoms with E-state index in [2.05, 4.69) is 26.6 Å². The lowest BCUT2D eigenvalue weighted by Gasteiger charge is -2.16. The summed E-state index contributed by atoms with van der Waals surface area (Å²) < 4.78 is 13.6. The van der Waals surface area contributed by atoms with Crippen molar-refractivity contribution in [2.75, 3.05) is 17.6 Å². The molecule has 1 atom stereocenters. The number of carbonyl (C=O) groups excluding carboxylic acids is 1. The third-order valence-electron chi connectivity index (χ3n) is 2.21. The average molecular weight is 304 g/mol. The molecule has 0 heterocycles. The highest BCUT2D eigenvalue weighted by Gasteiger charge is 2.14. The van der Waals surface area contributed by atoms with Gasteiger partial charge in [-0.3, -0.25) is 4.79 Å². The van der Waals surface area contributed by atoms with Gasteiger partial charge < -0.3 is 16.4 Å². The summed E-state index contributed by atoms with van der Waals surface area (Å²) in [5, 5.41) is 5.53. The largest absolute Gasteiger partial charge is 0.397 e. The summed E-state index contributed by atoms with van der Waals surface area (Å²) in [4.78, 5) is 11.5. The van der Waals surface area contributed by atoms with Crippen molar-refractivity contribution in [1.29, 1.82) is 0 Å². The molecule has 0 spiro atoms. The van der Waals surface area contributed by atoms with Gasteiger partial charge in [-0.2, -0.15) is 0 Å². The molecule has 0 fully saturated rings. The Bertz CT molecular complexity index is 425. The Morgan fingerprint density at radius 2 is 2.24 bits per heavy atom. The normalized spacial score (nSPS) is 12.0. The van der Waals surface area contributed by atoms with Gasteiger partial charge in [0.25, 0.3) is 0 Å². The first-order chi connectivity index (χ1) is 7.95. The van der Waals surface area contributed by atoms with Crippen molar-refractivity contribution in [2.24, 2.45) is 0 Å². The topological polar surface area (TPSA) is 67.2 Å². The first kappa shape index (κ1) is 13.8. The summed E-state index contributed by atoms with van der Waals surface area (Å²) in [5.74, 6) is -0.583. The maximum atomic E-state index is 13.3. The van der Waals surface area contributed by atoms with Gasteiger partial charge in [-0.25, -0.2) is 4.39 Å². The minimum absolute atomic E-state index is 0.157. The Balaban J connectivity index is 2.81. The molecule has 0 aromatic heterocycles. The molecule has 0 aliphatic rings. The molecule has 17 heavy (non-hydrogen) atoms. The zero-order valence-electron chi connectivity index (χ0n) is 9.68. The number of nitrogen functional groups attached to an aromatic ring is 1. The Kier molecular flexibility index (Phi) is 4.74. The lowest BCUT2D eigenvalue weighted by Crippen LogP contribution is -2.37. The molecule has 0 saturated carbocycles. The standard InChI is InChI=1S/C11H15BrFN3O/c1-3-15-11(17)6(2)16-10-5-8(13)7(12)4-9(10)14/h4-6,16H,3,14H2,1-2H3,(H,15,17). The molecule has 1 amide bonds. The van der Waals surface area contributed by atoms with Crippen molar-refractivity contribution in [3.63, 3.8) is 0 Å². The van der Waals surface area contributed by atoms with Crippen LogP contribution >= 0.6 is 15.9 Å². The Morgan fingerprint density at radius 1 is 1.59 bits per heavy atom. The third-order valence-corrected chi connectivity index (χ3v) is 2.82. The Morgan fingerprint density at radius 3 is 2.82 bits per heavy atom. The Hall–Kier alpha value is -1.30. The highest BCUT2D eigenvalue weighted by atomic mass is 79.9. The van der Waals surface area contributed by atoms with Crippen LogP contribution in [-0.4, -0.2) is 18.5 Å². The van der Waals surface area contributed by atoms with Gasteiger partial charge in [-0.1, -0.05) is 0 Å². The summed E-state index contributed by atoms with van der Waals surface area (Å²) in [6.07, 6.45) is 0. The third kappa shape index (κ3) is 3.59. The molecule has 0 aliphatic heterocycles. The smallest absolute Gasteiger partial charge is 0.242 e. The van der Waals surface area contributed by atoms with Crippen molar-refractivity contribution >= 4 is 33.2 Å². The van der Waals surface area contributed by atoms with Crippen LogP contribution in [0.4, 0.5) is 15.8 Å². The first-order valence-electron chi connectivity index (χ1n) is 5.24. The van der Waals surface area contributed by atoms with E-state index in [1.807, 2.05) is 6.92 Å². The molecule has 0 aliphatic carbocycles. The zero-order chi connectivity index (χ0) is 13.0. The first-order valence-corrected chi connectivity index (χ1v) is 6.03. The quantitative estimate of drug-likeness (QED) is 0.746. The molecule has 1 unspecified atom stereocenters. The fourth-order valence-electron chi connectivity index (χ4n) is 1.31. The minimum Gasteiger partial charge on any atom is -0.397 e. The second kappa shape index (κ2) is 5.86. The molecule has 0 radical (unpaired) electrons. The number of halogens is 2. The molecule has 6 heteroatoms. The lowest BCUT2D eigenvalue weighted by molar-refractivity contribution is -0.121. The number of carbonyl (C=O) groups is 1. The van der Waals surface area contributed by atoms with E-state index in [0.717, 1.165) is 0 Å². The summed E-state index contributed by atoms with van der Waals surface area (Å²) in [7, 11) is 0. The van der Waals surface area contributed by atoms with E-state index < -0.39 is 11.9 Å². The number of rotatable bonds is 4. The van der Waals surface area contributed by atoms with Crippen molar-refractivity contribution in [1.82, 2.24) is 5.32 Å². The fraction of sp³-hybridized carbons (Fsp3) is 0.364. The molecule has 4 N–H and O–H groups in total. The van der Waals surface area contributed by atoms with Crippen LogP contribution in [0.2, 0.25) is 0 Å². The number of benzene rings is 1. The predicted octanol–water partition coefficient (Wildman–Crippen LogP) is 2.11. The molecule has 4 nitrogen and oxygen atoms in total. The summed E-state index contributed by atoms with van der Waals surface area (Å²) in [6.45, 7) is 4.07. The molecule has 1 rings (SSSR count). The van der Waals surface area contributed by atoms with Gasteiger partial charge in [0.15, 0.2) is 0 Å². The molecular formula is C11H15BrFN3O. The van der Waals surface area contributed by atoms with Gasteiger partial charge >= 0.3 is 0 Å². The van der Waals surface area contributed by atoms with Crippen LogP contribution in [0.5, 0.6) is 0 Å². The van der Waals surface area contributed by atoms with Crippen LogP contribution in [0, 0.1) is 5.82 Å². The van der Waals surface area contributed by atoms with Gasteiger partial charge in [-0.15, -0.1) is 0 Å². The molecule has 0 bridgehead atoms. The second-order valence-corrected chi connectivity index (χ2v) is 4.47. The number of amides is 1. The molecular weight excluding hydrogens is 289 g/mol. The molecule has 1 aromatic carbocycles. The Labute approximate surface area is 108 Å². The van der Waals surface area contributed by atoms with Gasteiger partial charge in [0.1, 0.15) is 11.9 Å². The second-order valence-electron chi connectivity index (χ2n) is 3.61. The van der Waals surface area contributed by atoms with Gasteiger partial charge in [-0.05, 0) is 35.8 Å². The van der Waals surface area contributed by atoms with Gasteiger partial charge in [0.2, 0.25) is 5.91 Å². The van der Waals surface area contributed by atoms with Crippen molar-refractivity contribution in [3.8, 4) is 0 Å². The van der Waals surface area contributed by atoms with E-state index in [9.17, 15) is 9.18 Å². The SMILES string of the molecule is CCNC(=O)C(C)Nc1cc(F)c(Br)cc1N. The zero-order valence-corrected chi connectivity index (χ0v) is 11.3. The van der Waals surface area contributed by atoms with Crippen LogP contribution in [0.1, 0.15) is 13.8 Å². The van der Waals surface area contributed by atoms with E-state index >= 15 is 0 Å². The summed E-state index contributed by atoms with van der Waals surface area (Å²) >= 11 is 3.04. The van der Waals surface area contributed by atoms with Crippen LogP contribution in [0.25, 0.3) is 0 Å². The monoisotopic (exact) mass is 303 g/mol. The van der Waals surface area contributed by atoms with Crippen LogP contribution in [0.15, 0.2) is 16.6 Å². The highest BCUT2D eigenvalue weighted by Crippen LogP contribution is 2.26. The predicted molar refractivity (Wildman–Crippen MR) is 70.3 cm³/mol. The molecule has 94 valence electrons. The molecule has 1 aromatic rings. The lowest BCUT2D eigenvalue weighted by atomic mass is 10.2. The van der Waals surface area contributed by atoms with Crippen LogP contribution < -0.4 is 16.4 Å². The number of nitrogens with two attached hydrogens (primary N) is 1. The number of nitrogens with one attached hydrogen (secondary N) is 2. The van der Waals surface area contributed by atoms with Crippen LogP contribution in [0.3, 0.4) is 0 Å². The fourth-order valence-corrected chi connectivity index (χ4v) is 1.67. The summed E-state index contributed by atoms with van der Waals surface area (Å²) in [6, 6.07) is 2.25. The van der Waals surface area contributed by atoms with Gasteiger partial charge in [0.05, 0.1) is 15.8 Å². The number of hydrogen-bond donors (Lipinski definition) is 3.